The lowest BCUT2D eigenvalue weighted by molar-refractivity contribution is -0.892. The molecule has 28 heavy (non-hydrogen) atoms. The number of nitrogens with zero attached hydrogens (tertiary/aromatic N) is 3. The maximum atomic E-state index is 12.2. The monoisotopic (exact) mass is 403 g/mol. The van der Waals surface area contributed by atoms with Crippen molar-refractivity contribution in [1.82, 2.24) is 15.3 Å². The van der Waals surface area contributed by atoms with Crippen LogP contribution in [0.4, 0.5) is 11.6 Å². The predicted molar refractivity (Wildman–Crippen MR) is 108 cm³/mol. The van der Waals surface area contributed by atoms with E-state index in [9.17, 15) is 9.59 Å². The number of aromatic nitrogens is 2. The molecule has 2 amide bonds. The van der Waals surface area contributed by atoms with E-state index in [0.29, 0.717) is 17.3 Å². The Labute approximate surface area is 168 Å². The van der Waals surface area contributed by atoms with Crippen LogP contribution in [0.25, 0.3) is 0 Å². The summed E-state index contributed by atoms with van der Waals surface area (Å²) in [5.41, 5.74) is 1.45. The van der Waals surface area contributed by atoms with Gasteiger partial charge in [-0.25, -0.2) is 9.97 Å². The highest BCUT2D eigenvalue weighted by molar-refractivity contribution is 6.31. The summed E-state index contributed by atoms with van der Waals surface area (Å²) >= 11 is 6.05. The van der Waals surface area contributed by atoms with E-state index < -0.39 is 0 Å². The van der Waals surface area contributed by atoms with Gasteiger partial charge in [-0.05, 0) is 30.7 Å². The minimum absolute atomic E-state index is 0.0674. The second-order valence-corrected chi connectivity index (χ2v) is 7.11. The maximum Gasteiger partial charge on any atom is 0.275 e. The van der Waals surface area contributed by atoms with Crippen molar-refractivity contribution in [1.29, 1.82) is 0 Å². The van der Waals surface area contributed by atoms with Crippen molar-refractivity contribution >= 4 is 35.1 Å². The van der Waals surface area contributed by atoms with E-state index in [2.05, 4.69) is 25.5 Å². The Bertz CT molecular complexity index is 824. The van der Waals surface area contributed by atoms with E-state index in [1.54, 1.807) is 36.7 Å². The van der Waals surface area contributed by atoms with Gasteiger partial charge >= 0.3 is 0 Å². The molecule has 0 radical (unpaired) electrons. The summed E-state index contributed by atoms with van der Waals surface area (Å²) in [7, 11) is 0. The molecule has 1 aliphatic rings. The van der Waals surface area contributed by atoms with E-state index in [0.717, 1.165) is 37.7 Å². The quantitative estimate of drug-likeness (QED) is 0.626. The molecule has 8 nitrogen and oxygen atoms in total. The molecule has 0 unspecified atom stereocenters. The lowest BCUT2D eigenvalue weighted by Gasteiger charge is -2.31. The lowest BCUT2D eigenvalue weighted by Crippen LogP contribution is -3.16. The molecule has 1 aliphatic heterocycles. The Balaban J connectivity index is 1.39. The second kappa shape index (κ2) is 9.48. The normalized spacial score (nSPS) is 14.6. The molecule has 148 valence electrons. The fraction of sp³-hybridized carbons (Fsp3) is 0.368. The van der Waals surface area contributed by atoms with Crippen molar-refractivity contribution in [3.8, 4) is 0 Å². The summed E-state index contributed by atoms with van der Waals surface area (Å²) < 4.78 is 0. The summed E-state index contributed by atoms with van der Waals surface area (Å²) in [6.07, 6.45) is 3.45. The van der Waals surface area contributed by atoms with Gasteiger partial charge in [0, 0.05) is 23.1 Å². The Morgan fingerprint density at radius 3 is 2.57 bits per heavy atom. The number of hydrogen-bond acceptors (Lipinski definition) is 5. The third-order valence-electron chi connectivity index (χ3n) is 4.70. The largest absolute Gasteiger partial charge is 0.342 e. The number of rotatable bonds is 6. The van der Waals surface area contributed by atoms with E-state index in [1.807, 2.05) is 6.92 Å². The standard InChI is InChI=1S/C19H23ClN6O2/c1-14-15(20)4-2-5-16(14)24-17(27)12-23-18(28)13-25-8-10-26(11-9-25)19-21-6-3-7-22-19/h2-7H,8-13H2,1H3,(H,23,28)(H,24,27)/p+1. The van der Waals surface area contributed by atoms with Crippen LogP contribution in [-0.2, 0) is 9.59 Å². The molecular weight excluding hydrogens is 380 g/mol. The van der Waals surface area contributed by atoms with Gasteiger partial charge in [0.1, 0.15) is 0 Å². The van der Waals surface area contributed by atoms with Crippen LogP contribution in [0.15, 0.2) is 36.7 Å². The van der Waals surface area contributed by atoms with E-state index >= 15 is 0 Å². The SMILES string of the molecule is Cc1c(Cl)cccc1NC(=O)CNC(=O)C[NH+]1CCN(c2ncccn2)CC1. The van der Waals surface area contributed by atoms with Crippen LogP contribution in [0, 0.1) is 6.92 Å². The molecule has 9 heteroatoms. The average molecular weight is 404 g/mol. The predicted octanol–water partition coefficient (Wildman–Crippen LogP) is -0.102. The number of anilines is 2. The summed E-state index contributed by atoms with van der Waals surface area (Å²) in [6, 6.07) is 7.11. The molecule has 0 atom stereocenters. The van der Waals surface area contributed by atoms with Gasteiger partial charge in [-0.1, -0.05) is 17.7 Å². The topological polar surface area (TPSA) is 91.7 Å². The first-order valence-electron chi connectivity index (χ1n) is 9.20. The highest BCUT2D eigenvalue weighted by Crippen LogP contribution is 2.22. The highest BCUT2D eigenvalue weighted by atomic mass is 35.5. The third-order valence-corrected chi connectivity index (χ3v) is 5.11. The number of carbonyl (C=O) groups is 2. The van der Waals surface area contributed by atoms with Crippen LogP contribution in [0.1, 0.15) is 5.56 Å². The number of carbonyl (C=O) groups excluding carboxylic acids is 2. The van der Waals surface area contributed by atoms with Crippen molar-refractivity contribution in [2.75, 3.05) is 49.5 Å². The molecule has 1 aromatic carbocycles. The van der Waals surface area contributed by atoms with Gasteiger partial charge in [0.05, 0.1) is 32.7 Å². The molecule has 0 spiro atoms. The number of hydrogen-bond donors (Lipinski definition) is 3. The minimum atomic E-state index is -0.278. The van der Waals surface area contributed by atoms with E-state index in [4.69, 9.17) is 11.6 Å². The van der Waals surface area contributed by atoms with Gasteiger partial charge < -0.3 is 20.4 Å². The van der Waals surface area contributed by atoms with Crippen molar-refractivity contribution in [2.24, 2.45) is 0 Å². The summed E-state index contributed by atoms with van der Waals surface area (Å²) in [5.74, 6) is 0.302. The van der Waals surface area contributed by atoms with Crippen molar-refractivity contribution < 1.29 is 14.5 Å². The van der Waals surface area contributed by atoms with E-state index in [-0.39, 0.29) is 18.4 Å². The first kappa shape index (κ1) is 20.0. The van der Waals surface area contributed by atoms with Gasteiger partial charge in [-0.2, -0.15) is 0 Å². The second-order valence-electron chi connectivity index (χ2n) is 6.70. The zero-order valence-corrected chi connectivity index (χ0v) is 16.5. The Morgan fingerprint density at radius 1 is 1.14 bits per heavy atom. The van der Waals surface area contributed by atoms with Crippen LogP contribution >= 0.6 is 11.6 Å². The molecule has 1 fully saturated rings. The molecule has 0 aliphatic carbocycles. The zero-order valence-electron chi connectivity index (χ0n) is 15.7. The number of quaternary nitrogens is 1. The molecule has 3 N–H and O–H groups in total. The first-order chi connectivity index (χ1) is 13.5. The number of piperazine rings is 1. The summed E-state index contributed by atoms with van der Waals surface area (Å²) in [6.45, 7) is 5.33. The lowest BCUT2D eigenvalue weighted by atomic mass is 10.2. The van der Waals surface area contributed by atoms with Crippen molar-refractivity contribution in [2.45, 2.75) is 6.92 Å². The molecule has 2 aromatic rings. The van der Waals surface area contributed by atoms with E-state index in [1.165, 1.54) is 4.90 Å². The van der Waals surface area contributed by atoms with Gasteiger partial charge in [0.15, 0.2) is 6.54 Å². The number of amides is 2. The Morgan fingerprint density at radius 2 is 1.86 bits per heavy atom. The van der Waals surface area contributed by atoms with Crippen molar-refractivity contribution in [3.63, 3.8) is 0 Å². The first-order valence-corrected chi connectivity index (χ1v) is 9.58. The fourth-order valence-electron chi connectivity index (χ4n) is 3.06. The number of nitrogens with one attached hydrogen (secondary N) is 3. The van der Waals surface area contributed by atoms with Gasteiger partial charge in [-0.15, -0.1) is 0 Å². The van der Waals surface area contributed by atoms with Gasteiger partial charge in [0.25, 0.3) is 5.91 Å². The third kappa shape index (κ3) is 5.40. The molecule has 1 aromatic heterocycles. The Hall–Kier alpha value is -2.71. The number of halogens is 1. The summed E-state index contributed by atoms with van der Waals surface area (Å²) in [5, 5.41) is 6.04. The van der Waals surface area contributed by atoms with Gasteiger partial charge in [0.2, 0.25) is 11.9 Å². The van der Waals surface area contributed by atoms with Gasteiger partial charge in [-0.3, -0.25) is 9.59 Å². The fourth-order valence-corrected chi connectivity index (χ4v) is 3.23. The van der Waals surface area contributed by atoms with Crippen LogP contribution in [0.3, 0.4) is 0 Å². The molecule has 0 saturated carbocycles. The minimum Gasteiger partial charge on any atom is -0.342 e. The van der Waals surface area contributed by atoms with Crippen LogP contribution in [-0.4, -0.2) is 61.1 Å². The highest BCUT2D eigenvalue weighted by Gasteiger charge is 2.23. The molecule has 2 heterocycles. The van der Waals surface area contributed by atoms with Crippen LogP contribution in [0.5, 0.6) is 0 Å². The molecule has 0 bridgehead atoms. The molecular formula is C19H24ClN6O2+. The molecule has 3 rings (SSSR count). The zero-order chi connectivity index (χ0) is 19.9. The summed E-state index contributed by atoms with van der Waals surface area (Å²) in [4.78, 5) is 36.0. The smallest absolute Gasteiger partial charge is 0.275 e. The van der Waals surface area contributed by atoms with Crippen molar-refractivity contribution in [3.05, 3.63) is 47.2 Å². The molecule has 1 saturated heterocycles. The Kier molecular flexibility index (Phi) is 6.78. The van der Waals surface area contributed by atoms with Crippen LogP contribution < -0.4 is 20.4 Å². The number of benzene rings is 1. The maximum absolute atomic E-state index is 12.2. The van der Waals surface area contributed by atoms with Crippen LogP contribution in [0.2, 0.25) is 5.02 Å². The average Bonchev–Trinajstić information content (AvgIpc) is 2.71.